The van der Waals surface area contributed by atoms with Crippen LogP contribution in [0.5, 0.6) is 5.75 Å². The molecule has 1 unspecified atom stereocenters. The smallest absolute Gasteiger partial charge is 0.258 e. The fraction of sp³-hybridized carbons (Fsp3) is 0.526. The predicted octanol–water partition coefficient (Wildman–Crippen LogP) is 3.86. The van der Waals surface area contributed by atoms with Crippen molar-refractivity contribution in [2.75, 3.05) is 13.7 Å². The Kier molecular flexibility index (Phi) is 6.17. The van der Waals surface area contributed by atoms with Crippen LogP contribution >= 0.6 is 24.0 Å². The summed E-state index contributed by atoms with van der Waals surface area (Å²) in [5.41, 5.74) is 6.36. The molecular weight excluding hydrogens is 403 g/mol. The zero-order valence-electron chi connectivity index (χ0n) is 15.7. The molecule has 2 fully saturated rings. The largest absolute Gasteiger partial charge is 0.496 e. The maximum Gasteiger partial charge on any atom is 0.258 e. The van der Waals surface area contributed by atoms with Crippen molar-refractivity contribution in [2.24, 2.45) is 5.73 Å². The number of likely N-dealkylation sites (tertiary alicyclic amines) is 1. The van der Waals surface area contributed by atoms with Gasteiger partial charge in [-0.2, -0.15) is 4.98 Å². The maximum atomic E-state index is 13.2. The Morgan fingerprint density at radius 2 is 2.11 bits per heavy atom. The lowest BCUT2D eigenvalue weighted by Crippen LogP contribution is -2.34. The second-order valence-corrected chi connectivity index (χ2v) is 7.76. The van der Waals surface area contributed by atoms with Crippen LogP contribution in [0, 0.1) is 0 Å². The summed E-state index contributed by atoms with van der Waals surface area (Å²) in [6, 6.07) is 4.77. The van der Waals surface area contributed by atoms with Crippen LogP contribution in [0.1, 0.15) is 66.6 Å². The molecule has 2 heterocycles. The Balaban J connectivity index is 0.00000225. The molecule has 0 radical (unpaired) electrons. The number of aromatic nitrogens is 2. The number of hydrogen-bond acceptors (Lipinski definition) is 6. The summed E-state index contributed by atoms with van der Waals surface area (Å²) in [5.74, 6) is 1.34. The highest BCUT2D eigenvalue weighted by Crippen LogP contribution is 2.38. The molecule has 0 bridgehead atoms. The van der Waals surface area contributed by atoms with Crippen molar-refractivity contribution < 1.29 is 14.1 Å². The molecule has 7 nitrogen and oxygen atoms in total. The molecule has 1 saturated carbocycles. The third kappa shape index (κ3) is 3.71. The minimum Gasteiger partial charge on any atom is -0.496 e. The van der Waals surface area contributed by atoms with Crippen molar-refractivity contribution in [1.29, 1.82) is 0 Å². The first-order valence-corrected chi connectivity index (χ1v) is 9.67. The van der Waals surface area contributed by atoms with E-state index in [1.807, 2.05) is 0 Å². The van der Waals surface area contributed by atoms with Crippen LogP contribution in [0.3, 0.4) is 0 Å². The number of amides is 1. The lowest BCUT2D eigenvalue weighted by Gasteiger charge is -2.23. The van der Waals surface area contributed by atoms with Crippen LogP contribution in [0.2, 0.25) is 5.02 Å². The van der Waals surface area contributed by atoms with E-state index in [1.54, 1.807) is 23.1 Å². The highest BCUT2D eigenvalue weighted by molar-refractivity contribution is 6.31. The Bertz CT molecular complexity index is 851. The van der Waals surface area contributed by atoms with Crippen molar-refractivity contribution in [1.82, 2.24) is 15.0 Å². The second-order valence-electron chi connectivity index (χ2n) is 7.32. The number of ether oxygens (including phenoxy) is 1. The first-order chi connectivity index (χ1) is 13.0. The van der Waals surface area contributed by atoms with E-state index >= 15 is 0 Å². The van der Waals surface area contributed by atoms with Crippen LogP contribution in [0.25, 0.3) is 0 Å². The average Bonchev–Trinajstić information content (AvgIpc) is 3.41. The molecule has 2 N–H and O–H groups in total. The Morgan fingerprint density at radius 3 is 2.82 bits per heavy atom. The number of methoxy groups -OCH3 is 1. The van der Waals surface area contributed by atoms with Crippen LogP contribution in [0.15, 0.2) is 22.7 Å². The lowest BCUT2D eigenvalue weighted by atomic mass is 9.98. The van der Waals surface area contributed by atoms with Gasteiger partial charge in [0.05, 0.1) is 18.2 Å². The minimum absolute atomic E-state index is 0. The summed E-state index contributed by atoms with van der Waals surface area (Å²) in [7, 11) is 1.54. The van der Waals surface area contributed by atoms with E-state index in [0.717, 1.165) is 38.5 Å². The second kappa shape index (κ2) is 8.27. The monoisotopic (exact) mass is 426 g/mol. The molecule has 152 valence electrons. The zero-order chi connectivity index (χ0) is 19.0. The summed E-state index contributed by atoms with van der Waals surface area (Å²) in [4.78, 5) is 19.5. The summed E-state index contributed by atoms with van der Waals surface area (Å²) >= 11 is 6.09. The van der Waals surface area contributed by atoms with E-state index < -0.39 is 5.54 Å². The molecule has 2 aliphatic rings. The summed E-state index contributed by atoms with van der Waals surface area (Å²) < 4.78 is 10.9. The zero-order valence-corrected chi connectivity index (χ0v) is 17.3. The number of carbonyl (C=O) groups is 1. The first kappa shape index (κ1) is 20.9. The van der Waals surface area contributed by atoms with E-state index in [4.69, 9.17) is 26.6 Å². The number of rotatable bonds is 4. The molecule has 4 rings (SSSR count). The van der Waals surface area contributed by atoms with Crippen molar-refractivity contribution in [3.05, 3.63) is 40.5 Å². The molecule has 9 heteroatoms. The maximum absolute atomic E-state index is 13.2. The third-order valence-corrected chi connectivity index (χ3v) is 5.81. The topological polar surface area (TPSA) is 94.5 Å². The number of hydrogen-bond donors (Lipinski definition) is 1. The molecule has 1 aliphatic carbocycles. The molecule has 28 heavy (non-hydrogen) atoms. The Labute approximate surface area is 175 Å². The third-order valence-electron chi connectivity index (χ3n) is 5.57. The Morgan fingerprint density at radius 1 is 1.36 bits per heavy atom. The molecule has 1 aromatic heterocycles. The van der Waals surface area contributed by atoms with Gasteiger partial charge in [-0.05, 0) is 43.9 Å². The molecule has 1 aromatic carbocycles. The fourth-order valence-corrected chi connectivity index (χ4v) is 4.24. The first-order valence-electron chi connectivity index (χ1n) is 9.29. The van der Waals surface area contributed by atoms with Gasteiger partial charge in [-0.3, -0.25) is 4.79 Å². The van der Waals surface area contributed by atoms with Gasteiger partial charge in [0, 0.05) is 11.6 Å². The van der Waals surface area contributed by atoms with Gasteiger partial charge in [0.2, 0.25) is 5.89 Å². The minimum atomic E-state index is -0.509. The normalized spacial score (nSPS) is 20.8. The quantitative estimate of drug-likeness (QED) is 0.797. The number of nitrogens with zero attached hydrogens (tertiary/aromatic N) is 3. The number of nitrogens with two attached hydrogens (primary N) is 1. The highest BCUT2D eigenvalue weighted by atomic mass is 35.5. The van der Waals surface area contributed by atoms with E-state index in [-0.39, 0.29) is 24.4 Å². The summed E-state index contributed by atoms with van der Waals surface area (Å²) in [5, 5.41) is 4.62. The number of halogens is 2. The average molecular weight is 427 g/mol. The van der Waals surface area contributed by atoms with E-state index in [2.05, 4.69) is 10.1 Å². The highest BCUT2D eigenvalue weighted by Gasteiger charge is 2.39. The van der Waals surface area contributed by atoms with Gasteiger partial charge in [-0.25, -0.2) is 0 Å². The van der Waals surface area contributed by atoms with Crippen molar-refractivity contribution in [3.8, 4) is 5.75 Å². The van der Waals surface area contributed by atoms with Gasteiger partial charge in [-0.15, -0.1) is 12.4 Å². The van der Waals surface area contributed by atoms with E-state index in [9.17, 15) is 4.79 Å². The molecule has 0 spiro atoms. The molecule has 2 aromatic rings. The van der Waals surface area contributed by atoms with Crippen LogP contribution < -0.4 is 10.5 Å². The standard InChI is InChI=1S/C19H23ClN4O3.ClH/c1-26-15-7-6-12(20)11-13(15)17(25)24-10-4-5-14(24)16-22-18(23-27-16)19(21)8-2-3-9-19;/h6-7,11,14H,2-5,8-10,21H2,1H3;1H. The summed E-state index contributed by atoms with van der Waals surface area (Å²) in [6.45, 7) is 0.616. The lowest BCUT2D eigenvalue weighted by molar-refractivity contribution is 0.0706. The SMILES string of the molecule is COc1ccc(Cl)cc1C(=O)N1CCCC1c1nc(C2(N)CCCC2)no1.Cl. The van der Waals surface area contributed by atoms with Crippen LogP contribution in [0.4, 0.5) is 0 Å². The fourth-order valence-electron chi connectivity index (χ4n) is 4.07. The van der Waals surface area contributed by atoms with Gasteiger partial charge in [0.15, 0.2) is 5.82 Å². The van der Waals surface area contributed by atoms with Crippen LogP contribution in [-0.2, 0) is 5.54 Å². The number of benzene rings is 1. The van der Waals surface area contributed by atoms with Crippen molar-refractivity contribution in [2.45, 2.75) is 50.1 Å². The van der Waals surface area contributed by atoms with Gasteiger partial charge in [0.25, 0.3) is 5.91 Å². The van der Waals surface area contributed by atoms with Gasteiger partial charge in [-0.1, -0.05) is 29.6 Å². The summed E-state index contributed by atoms with van der Waals surface area (Å²) in [6.07, 6.45) is 5.50. The van der Waals surface area contributed by atoms with E-state index in [0.29, 0.717) is 34.6 Å². The van der Waals surface area contributed by atoms with Crippen LogP contribution in [-0.4, -0.2) is 34.6 Å². The molecular formula is C19H24Cl2N4O3. The van der Waals surface area contributed by atoms with Gasteiger partial charge >= 0.3 is 0 Å². The molecule has 1 atom stereocenters. The van der Waals surface area contributed by atoms with Gasteiger partial charge in [0.1, 0.15) is 11.8 Å². The van der Waals surface area contributed by atoms with E-state index in [1.165, 1.54) is 7.11 Å². The molecule has 1 aliphatic heterocycles. The van der Waals surface area contributed by atoms with Gasteiger partial charge < -0.3 is 19.9 Å². The Hall–Kier alpha value is -1.83. The molecule has 1 amide bonds. The predicted molar refractivity (Wildman–Crippen MR) is 107 cm³/mol. The van der Waals surface area contributed by atoms with Crippen molar-refractivity contribution >= 4 is 29.9 Å². The van der Waals surface area contributed by atoms with Crippen molar-refractivity contribution in [3.63, 3.8) is 0 Å². The molecule has 1 saturated heterocycles. The number of carbonyl (C=O) groups excluding carboxylic acids is 1.